The van der Waals surface area contributed by atoms with E-state index < -0.39 is 6.10 Å². The van der Waals surface area contributed by atoms with E-state index in [0.717, 1.165) is 89.9 Å². The molecule has 0 rings (SSSR count). The van der Waals surface area contributed by atoms with Crippen LogP contribution in [0.1, 0.15) is 335 Å². The van der Waals surface area contributed by atoms with Gasteiger partial charge in [-0.1, -0.05) is 288 Å². The van der Waals surface area contributed by atoms with Crippen LogP contribution in [-0.2, 0) is 28.6 Å². The summed E-state index contributed by atoms with van der Waals surface area (Å²) in [5.41, 5.74) is 0. The number of carbonyl (C=O) groups excluding carboxylic acids is 3. The van der Waals surface area contributed by atoms with E-state index in [2.05, 4.69) is 69.4 Å². The fraction of sp³-hybridized carbons (Fsp3) is 0.833. The van der Waals surface area contributed by atoms with E-state index in [4.69, 9.17) is 14.2 Å². The van der Waals surface area contributed by atoms with Crippen molar-refractivity contribution >= 4 is 17.9 Å². The number of unbranched alkanes of at least 4 members (excludes halogenated alkanes) is 39. The Hall–Kier alpha value is -2.63. The summed E-state index contributed by atoms with van der Waals surface area (Å²) >= 11 is 0. The van der Waals surface area contributed by atoms with E-state index >= 15 is 0 Å². The Bertz CT molecular complexity index is 1250. The first-order valence-electron chi connectivity index (χ1n) is 31.6. The molecule has 6 heteroatoms. The van der Waals surface area contributed by atoms with E-state index in [0.29, 0.717) is 19.3 Å². The van der Waals surface area contributed by atoms with Gasteiger partial charge < -0.3 is 14.2 Å². The number of carbonyl (C=O) groups is 3. The molecule has 0 N–H and O–H groups in total. The molecule has 72 heavy (non-hydrogen) atoms. The molecule has 1 atom stereocenters. The minimum absolute atomic E-state index is 0.0763. The maximum Gasteiger partial charge on any atom is 0.306 e. The van der Waals surface area contributed by atoms with Crippen molar-refractivity contribution in [3.05, 3.63) is 48.6 Å². The predicted octanol–water partition coefficient (Wildman–Crippen LogP) is 21.4. The van der Waals surface area contributed by atoms with Crippen molar-refractivity contribution in [3.8, 4) is 0 Å². The molecule has 0 aliphatic heterocycles. The van der Waals surface area contributed by atoms with E-state index in [9.17, 15) is 14.4 Å². The quantitative estimate of drug-likeness (QED) is 0.0261. The molecule has 0 fully saturated rings. The Labute approximate surface area is 448 Å². The summed E-state index contributed by atoms with van der Waals surface area (Å²) in [6, 6.07) is 0. The second-order valence-corrected chi connectivity index (χ2v) is 21.3. The molecule has 0 aromatic heterocycles. The molecule has 6 nitrogen and oxygen atoms in total. The molecule has 0 saturated carbocycles. The summed E-state index contributed by atoms with van der Waals surface area (Å²) in [6.07, 6.45) is 75.5. The van der Waals surface area contributed by atoms with Crippen molar-refractivity contribution < 1.29 is 28.6 Å². The average Bonchev–Trinajstić information content (AvgIpc) is 3.38. The van der Waals surface area contributed by atoms with Gasteiger partial charge in [0.25, 0.3) is 0 Å². The van der Waals surface area contributed by atoms with Crippen LogP contribution in [-0.4, -0.2) is 37.2 Å². The molecule has 0 bridgehead atoms. The minimum Gasteiger partial charge on any atom is -0.462 e. The lowest BCUT2D eigenvalue weighted by Crippen LogP contribution is -2.30. The lowest BCUT2D eigenvalue weighted by atomic mass is 10.0. The summed E-state index contributed by atoms with van der Waals surface area (Å²) in [4.78, 5) is 38.3. The van der Waals surface area contributed by atoms with Crippen molar-refractivity contribution in [1.29, 1.82) is 0 Å². The number of hydrogen-bond acceptors (Lipinski definition) is 6. The van der Waals surface area contributed by atoms with Crippen LogP contribution in [0.2, 0.25) is 0 Å². The number of ether oxygens (including phenoxy) is 3. The highest BCUT2D eigenvalue weighted by molar-refractivity contribution is 5.71. The first-order chi connectivity index (χ1) is 35.5. The molecule has 0 saturated heterocycles. The minimum atomic E-state index is -0.780. The third-order valence-corrected chi connectivity index (χ3v) is 14.1. The lowest BCUT2D eigenvalue weighted by Gasteiger charge is -2.18. The fourth-order valence-electron chi connectivity index (χ4n) is 9.34. The maximum atomic E-state index is 12.9. The molecule has 0 spiro atoms. The van der Waals surface area contributed by atoms with Crippen molar-refractivity contribution in [2.75, 3.05) is 13.2 Å². The summed E-state index contributed by atoms with van der Waals surface area (Å²) < 4.78 is 16.9. The van der Waals surface area contributed by atoms with Gasteiger partial charge in [0.15, 0.2) is 6.10 Å². The molecule has 0 aromatic carbocycles. The lowest BCUT2D eigenvalue weighted by molar-refractivity contribution is -0.167. The third-order valence-electron chi connectivity index (χ3n) is 14.1. The van der Waals surface area contributed by atoms with Crippen LogP contribution < -0.4 is 0 Å². The summed E-state index contributed by atoms with van der Waals surface area (Å²) in [6.45, 7) is 6.56. The van der Waals surface area contributed by atoms with Crippen molar-refractivity contribution in [3.63, 3.8) is 0 Å². The monoisotopic (exact) mass is 1010 g/mol. The van der Waals surface area contributed by atoms with Gasteiger partial charge in [0.1, 0.15) is 13.2 Å². The molecular weight excluding hydrogens is 889 g/mol. The Morgan fingerprint density at radius 1 is 0.292 bits per heavy atom. The zero-order valence-electron chi connectivity index (χ0n) is 48.2. The predicted molar refractivity (Wildman–Crippen MR) is 312 cm³/mol. The first kappa shape index (κ1) is 69.4. The number of esters is 3. The second-order valence-electron chi connectivity index (χ2n) is 21.3. The van der Waals surface area contributed by atoms with Crippen molar-refractivity contribution in [1.82, 2.24) is 0 Å². The highest BCUT2D eigenvalue weighted by Crippen LogP contribution is 2.17. The van der Waals surface area contributed by atoms with Crippen molar-refractivity contribution in [2.24, 2.45) is 0 Å². The number of hydrogen-bond donors (Lipinski definition) is 0. The van der Waals surface area contributed by atoms with Crippen LogP contribution in [0.4, 0.5) is 0 Å². The normalized spacial score (nSPS) is 12.3. The molecule has 0 heterocycles. The molecule has 0 aliphatic rings. The van der Waals surface area contributed by atoms with E-state index in [1.165, 1.54) is 205 Å². The highest BCUT2D eigenvalue weighted by atomic mass is 16.6. The molecule has 420 valence electrons. The van der Waals surface area contributed by atoms with Crippen LogP contribution in [0.3, 0.4) is 0 Å². The van der Waals surface area contributed by atoms with Crippen LogP contribution in [0.15, 0.2) is 48.6 Å². The van der Waals surface area contributed by atoms with Gasteiger partial charge in [-0.25, -0.2) is 0 Å². The topological polar surface area (TPSA) is 78.9 Å². The van der Waals surface area contributed by atoms with Crippen LogP contribution in [0, 0.1) is 0 Å². The van der Waals surface area contributed by atoms with Gasteiger partial charge in [-0.05, 0) is 77.0 Å². The second kappa shape index (κ2) is 60.9. The smallest absolute Gasteiger partial charge is 0.306 e. The summed E-state index contributed by atoms with van der Waals surface area (Å²) in [5.74, 6) is -0.876. The number of allylic oxidation sites excluding steroid dienone is 8. The van der Waals surface area contributed by atoms with Crippen molar-refractivity contribution in [2.45, 2.75) is 341 Å². The van der Waals surface area contributed by atoms with Crippen LogP contribution in [0.25, 0.3) is 0 Å². The molecule has 0 aliphatic carbocycles. The Morgan fingerprint density at radius 2 is 0.542 bits per heavy atom. The fourth-order valence-corrected chi connectivity index (χ4v) is 9.34. The van der Waals surface area contributed by atoms with Gasteiger partial charge in [-0.2, -0.15) is 0 Å². The molecule has 0 amide bonds. The largest absolute Gasteiger partial charge is 0.462 e. The summed E-state index contributed by atoms with van der Waals surface area (Å²) in [7, 11) is 0. The molecular formula is C66H120O6. The van der Waals surface area contributed by atoms with Gasteiger partial charge in [-0.15, -0.1) is 0 Å². The third kappa shape index (κ3) is 58.3. The average molecular weight is 1010 g/mol. The van der Waals surface area contributed by atoms with E-state index in [1.807, 2.05) is 0 Å². The summed E-state index contributed by atoms with van der Waals surface area (Å²) in [5, 5.41) is 0. The standard InChI is InChI=1S/C66H120O6/c1-4-7-10-13-16-19-22-25-28-30-31-32-33-34-35-37-38-41-44-47-50-53-56-59-65(68)71-62-63(61-70-64(67)58-55-52-49-46-43-40-27-24-21-18-15-12-9-6-3)72-66(69)60-57-54-51-48-45-42-39-36-29-26-23-20-17-14-11-8-5-2/h8,11,17,20,24,26-27,29,63H,4-7,9-10,12-16,18-19,21-23,25,28,30-62H2,1-3H3/b11-8-,20-17-,27-24-,29-26-. The molecule has 0 aromatic rings. The van der Waals surface area contributed by atoms with Gasteiger partial charge in [0.2, 0.25) is 0 Å². The number of rotatable bonds is 58. The maximum absolute atomic E-state index is 12.9. The Kier molecular flexibility index (Phi) is 58.7. The van der Waals surface area contributed by atoms with Gasteiger partial charge in [0, 0.05) is 19.3 Å². The van der Waals surface area contributed by atoms with E-state index in [1.54, 1.807) is 0 Å². The van der Waals surface area contributed by atoms with Gasteiger partial charge in [0.05, 0.1) is 0 Å². The first-order valence-corrected chi connectivity index (χ1v) is 31.6. The molecule has 0 radical (unpaired) electrons. The van der Waals surface area contributed by atoms with E-state index in [-0.39, 0.29) is 31.1 Å². The highest BCUT2D eigenvalue weighted by Gasteiger charge is 2.19. The molecule has 1 unspecified atom stereocenters. The SMILES string of the molecule is CC/C=C\C/C=C\C/C=C\CCCCCCCCCC(=O)OC(COC(=O)CCCCCCC/C=C\CCCCCCC)COC(=O)CCCCCCCCCCCCCCCCCCCCCCCCC. The van der Waals surface area contributed by atoms with Crippen LogP contribution in [0.5, 0.6) is 0 Å². The van der Waals surface area contributed by atoms with Gasteiger partial charge in [-0.3, -0.25) is 14.4 Å². The Morgan fingerprint density at radius 3 is 0.861 bits per heavy atom. The van der Waals surface area contributed by atoms with Gasteiger partial charge >= 0.3 is 17.9 Å². The Balaban J connectivity index is 4.29. The zero-order valence-corrected chi connectivity index (χ0v) is 48.2. The zero-order chi connectivity index (χ0) is 52.2. The van der Waals surface area contributed by atoms with Crippen LogP contribution >= 0.6 is 0 Å².